The fraction of sp³-hybridized carbons (Fsp3) is 0.118. The van der Waals surface area contributed by atoms with Gasteiger partial charge in [0.15, 0.2) is 0 Å². The molecule has 0 N–H and O–H groups in total. The molecule has 3 heteroatoms. The van der Waals surface area contributed by atoms with Crippen LogP contribution in [-0.4, -0.2) is 9.55 Å². The van der Waals surface area contributed by atoms with Crippen molar-refractivity contribution in [1.29, 1.82) is 0 Å². The molecule has 20 heavy (non-hydrogen) atoms. The zero-order valence-corrected chi connectivity index (χ0v) is 13.9. The standard InChI is InChI=1S/C17H16N2.Ir/c1-13-7-6-8-14(2)16(13)19-12-11-18-17(19)15-9-4-3-5-10-15;/h3-12H,1-2H3;. The Morgan fingerprint density at radius 2 is 1.50 bits per heavy atom. The summed E-state index contributed by atoms with van der Waals surface area (Å²) in [5, 5.41) is 0. The molecule has 2 nitrogen and oxygen atoms in total. The summed E-state index contributed by atoms with van der Waals surface area (Å²) in [6.07, 6.45) is 3.88. The Morgan fingerprint density at radius 3 is 2.15 bits per heavy atom. The third-order valence-corrected chi connectivity index (χ3v) is 3.35. The molecule has 1 heterocycles. The summed E-state index contributed by atoms with van der Waals surface area (Å²) >= 11 is 0. The Bertz CT molecular complexity index is 682. The van der Waals surface area contributed by atoms with Gasteiger partial charge in [-0.3, -0.25) is 4.57 Å². The van der Waals surface area contributed by atoms with Crippen LogP contribution in [0.2, 0.25) is 0 Å². The van der Waals surface area contributed by atoms with Crippen molar-refractivity contribution in [3.8, 4) is 17.1 Å². The summed E-state index contributed by atoms with van der Waals surface area (Å²) in [7, 11) is 0. The second kappa shape index (κ2) is 6.17. The molecule has 3 rings (SSSR count). The second-order valence-electron chi connectivity index (χ2n) is 4.73. The molecule has 0 fully saturated rings. The Labute approximate surface area is 132 Å². The molecule has 0 aliphatic rings. The number of nitrogens with zero attached hydrogens (tertiary/aromatic N) is 2. The zero-order chi connectivity index (χ0) is 13.2. The van der Waals surface area contributed by atoms with E-state index in [1.807, 2.05) is 30.6 Å². The minimum absolute atomic E-state index is 0. The number of aromatic nitrogens is 2. The Morgan fingerprint density at radius 1 is 0.850 bits per heavy atom. The SMILES string of the molecule is Cc1cccc(C)c1-n1ccnc1-c1ccccc1.[Ir]. The molecule has 2 aromatic carbocycles. The summed E-state index contributed by atoms with van der Waals surface area (Å²) in [5.74, 6) is 0.984. The van der Waals surface area contributed by atoms with Gasteiger partial charge in [0.2, 0.25) is 0 Å². The van der Waals surface area contributed by atoms with Crippen molar-refractivity contribution >= 4 is 0 Å². The first-order valence-electron chi connectivity index (χ1n) is 6.43. The number of rotatable bonds is 2. The molecule has 0 amide bonds. The van der Waals surface area contributed by atoms with E-state index in [9.17, 15) is 0 Å². The molecule has 0 saturated carbocycles. The van der Waals surface area contributed by atoms with Gasteiger partial charge < -0.3 is 0 Å². The van der Waals surface area contributed by atoms with Crippen molar-refractivity contribution < 1.29 is 20.1 Å². The van der Waals surface area contributed by atoms with E-state index in [-0.39, 0.29) is 20.1 Å². The first-order chi connectivity index (χ1) is 9.27. The fourth-order valence-electron chi connectivity index (χ4n) is 2.47. The predicted octanol–water partition coefficient (Wildman–Crippen LogP) is 4.15. The topological polar surface area (TPSA) is 17.8 Å². The maximum atomic E-state index is 4.51. The van der Waals surface area contributed by atoms with E-state index in [0.29, 0.717) is 0 Å². The maximum Gasteiger partial charge on any atom is 0.144 e. The van der Waals surface area contributed by atoms with Gasteiger partial charge in [-0.05, 0) is 25.0 Å². The largest absolute Gasteiger partial charge is 0.299 e. The van der Waals surface area contributed by atoms with E-state index in [2.05, 4.69) is 53.7 Å². The fourth-order valence-corrected chi connectivity index (χ4v) is 2.47. The van der Waals surface area contributed by atoms with Gasteiger partial charge >= 0.3 is 0 Å². The molecule has 103 valence electrons. The van der Waals surface area contributed by atoms with Crippen LogP contribution in [-0.2, 0) is 20.1 Å². The summed E-state index contributed by atoms with van der Waals surface area (Å²) in [6, 6.07) is 16.6. The molecule has 0 atom stereocenters. The van der Waals surface area contributed by atoms with Crippen LogP contribution in [0.15, 0.2) is 60.9 Å². The molecule has 3 aromatic rings. The van der Waals surface area contributed by atoms with Crippen LogP contribution in [0, 0.1) is 13.8 Å². The zero-order valence-electron chi connectivity index (χ0n) is 11.5. The summed E-state index contributed by atoms with van der Waals surface area (Å²) < 4.78 is 2.17. The molecule has 1 radical (unpaired) electrons. The first kappa shape index (κ1) is 14.7. The maximum absolute atomic E-state index is 4.51. The number of hydrogen-bond acceptors (Lipinski definition) is 1. The van der Waals surface area contributed by atoms with Crippen LogP contribution >= 0.6 is 0 Å². The van der Waals surface area contributed by atoms with E-state index in [4.69, 9.17) is 0 Å². The number of para-hydroxylation sites is 1. The molecular formula is C17H16IrN2. The van der Waals surface area contributed by atoms with Crippen LogP contribution in [0.25, 0.3) is 17.1 Å². The minimum Gasteiger partial charge on any atom is -0.299 e. The average Bonchev–Trinajstić information content (AvgIpc) is 2.89. The number of benzene rings is 2. The number of imidazole rings is 1. The third kappa shape index (κ3) is 2.60. The third-order valence-electron chi connectivity index (χ3n) is 3.35. The Hall–Kier alpha value is -1.70. The number of hydrogen-bond donors (Lipinski definition) is 0. The van der Waals surface area contributed by atoms with Gasteiger partial charge in [-0.2, -0.15) is 0 Å². The average molecular weight is 441 g/mol. The van der Waals surface area contributed by atoms with E-state index >= 15 is 0 Å². The van der Waals surface area contributed by atoms with Gasteiger partial charge in [0.25, 0.3) is 0 Å². The van der Waals surface area contributed by atoms with Crippen LogP contribution in [0.4, 0.5) is 0 Å². The number of aryl methyl sites for hydroxylation is 2. The molecule has 0 aliphatic heterocycles. The molecular weight excluding hydrogens is 424 g/mol. The van der Waals surface area contributed by atoms with Crippen LogP contribution in [0.1, 0.15) is 11.1 Å². The van der Waals surface area contributed by atoms with Crippen molar-refractivity contribution in [3.05, 3.63) is 72.1 Å². The first-order valence-corrected chi connectivity index (χ1v) is 6.43. The van der Waals surface area contributed by atoms with Gasteiger partial charge in [0.05, 0.1) is 5.69 Å². The minimum atomic E-state index is 0. The smallest absolute Gasteiger partial charge is 0.144 e. The van der Waals surface area contributed by atoms with Gasteiger partial charge in [0.1, 0.15) is 5.82 Å². The van der Waals surface area contributed by atoms with Crippen molar-refractivity contribution in [2.45, 2.75) is 13.8 Å². The van der Waals surface area contributed by atoms with Crippen LogP contribution < -0.4 is 0 Å². The molecule has 0 bridgehead atoms. The normalized spacial score (nSPS) is 10.1. The molecule has 0 saturated heterocycles. The summed E-state index contributed by atoms with van der Waals surface area (Å²) in [5.41, 5.74) is 4.87. The molecule has 0 unspecified atom stereocenters. The quantitative estimate of drug-likeness (QED) is 0.585. The van der Waals surface area contributed by atoms with Crippen molar-refractivity contribution in [1.82, 2.24) is 9.55 Å². The van der Waals surface area contributed by atoms with Gasteiger partial charge in [0, 0.05) is 38.1 Å². The summed E-state index contributed by atoms with van der Waals surface area (Å²) in [6.45, 7) is 4.27. The van der Waals surface area contributed by atoms with E-state index in [0.717, 1.165) is 11.4 Å². The van der Waals surface area contributed by atoms with E-state index in [1.54, 1.807) is 0 Å². The van der Waals surface area contributed by atoms with Gasteiger partial charge in [-0.25, -0.2) is 4.98 Å². The van der Waals surface area contributed by atoms with Crippen molar-refractivity contribution in [2.24, 2.45) is 0 Å². The van der Waals surface area contributed by atoms with Crippen LogP contribution in [0.3, 0.4) is 0 Å². The van der Waals surface area contributed by atoms with E-state index < -0.39 is 0 Å². The van der Waals surface area contributed by atoms with Crippen molar-refractivity contribution in [3.63, 3.8) is 0 Å². The van der Waals surface area contributed by atoms with Crippen LogP contribution in [0.5, 0.6) is 0 Å². The Kier molecular flexibility index (Phi) is 4.53. The van der Waals surface area contributed by atoms with Crippen molar-refractivity contribution in [2.75, 3.05) is 0 Å². The predicted molar refractivity (Wildman–Crippen MR) is 78.5 cm³/mol. The Balaban J connectivity index is 0.00000147. The monoisotopic (exact) mass is 441 g/mol. The molecule has 0 aliphatic carbocycles. The molecule has 1 aromatic heterocycles. The van der Waals surface area contributed by atoms with E-state index in [1.165, 1.54) is 16.8 Å². The van der Waals surface area contributed by atoms with Gasteiger partial charge in [-0.1, -0.05) is 48.5 Å². The van der Waals surface area contributed by atoms with Gasteiger partial charge in [-0.15, -0.1) is 0 Å². The summed E-state index contributed by atoms with van der Waals surface area (Å²) in [4.78, 5) is 4.51. The second-order valence-corrected chi connectivity index (χ2v) is 4.73. The molecule has 0 spiro atoms.